The zero-order chi connectivity index (χ0) is 15.7. The second kappa shape index (κ2) is 5.37. The van der Waals surface area contributed by atoms with Gasteiger partial charge >= 0.3 is 0 Å². The topological polar surface area (TPSA) is 76.6 Å². The quantitative estimate of drug-likeness (QED) is 0.575. The maximum atomic E-state index is 12.2. The van der Waals surface area contributed by atoms with Crippen LogP contribution in [0.5, 0.6) is 0 Å². The number of benzene rings is 1. The molecule has 0 saturated carbocycles. The maximum absolute atomic E-state index is 12.2. The van der Waals surface area contributed by atoms with E-state index in [0.29, 0.717) is 22.5 Å². The minimum Gasteiger partial charge on any atom is -0.399 e. The van der Waals surface area contributed by atoms with Crippen molar-refractivity contribution in [1.29, 1.82) is 0 Å². The monoisotopic (exact) mass is 293 g/mol. The standard InChI is InChI=1S/C17H15N3O2/c1-11(21)13-8-16-7-6-15(10-20(16)9-13)19-17(22)12-2-4-14(18)5-3-12/h2-10H,18H2,1H3,(H,19,22). The second-order valence-corrected chi connectivity index (χ2v) is 5.11. The summed E-state index contributed by atoms with van der Waals surface area (Å²) in [5.41, 5.74) is 8.94. The number of nitrogen functional groups attached to an aromatic ring is 1. The summed E-state index contributed by atoms with van der Waals surface area (Å²) in [5, 5.41) is 2.82. The fraction of sp³-hybridized carbons (Fsp3) is 0.0588. The van der Waals surface area contributed by atoms with Gasteiger partial charge in [-0.25, -0.2) is 0 Å². The number of hydrogen-bond acceptors (Lipinski definition) is 3. The highest BCUT2D eigenvalue weighted by Crippen LogP contribution is 2.16. The van der Waals surface area contributed by atoms with Gasteiger partial charge in [0.2, 0.25) is 0 Å². The van der Waals surface area contributed by atoms with Crippen molar-refractivity contribution >= 4 is 28.6 Å². The molecule has 110 valence electrons. The van der Waals surface area contributed by atoms with Gasteiger partial charge in [0.15, 0.2) is 5.78 Å². The number of rotatable bonds is 3. The second-order valence-electron chi connectivity index (χ2n) is 5.11. The lowest BCUT2D eigenvalue weighted by molar-refractivity contribution is 0.101. The Kier molecular flexibility index (Phi) is 3.39. The third kappa shape index (κ3) is 2.69. The van der Waals surface area contributed by atoms with Crippen LogP contribution in [0.3, 0.4) is 0 Å². The normalized spacial score (nSPS) is 10.6. The van der Waals surface area contributed by atoms with Crippen LogP contribution in [0, 0.1) is 0 Å². The van der Waals surface area contributed by atoms with Crippen LogP contribution < -0.4 is 11.1 Å². The summed E-state index contributed by atoms with van der Waals surface area (Å²) >= 11 is 0. The number of nitrogens with zero attached hydrogens (tertiary/aromatic N) is 1. The van der Waals surface area contributed by atoms with E-state index in [1.165, 1.54) is 6.92 Å². The molecule has 2 aromatic heterocycles. The Hall–Kier alpha value is -3.08. The average Bonchev–Trinajstić information content (AvgIpc) is 2.91. The van der Waals surface area contributed by atoms with E-state index in [4.69, 9.17) is 5.73 Å². The molecule has 5 nitrogen and oxygen atoms in total. The Morgan fingerprint density at radius 2 is 1.73 bits per heavy atom. The summed E-state index contributed by atoms with van der Waals surface area (Å²) in [7, 11) is 0. The van der Waals surface area contributed by atoms with Crippen molar-refractivity contribution in [2.45, 2.75) is 6.92 Å². The molecule has 0 spiro atoms. The molecular formula is C17H15N3O2. The average molecular weight is 293 g/mol. The van der Waals surface area contributed by atoms with E-state index in [2.05, 4.69) is 5.32 Å². The molecule has 0 aliphatic rings. The molecule has 0 unspecified atom stereocenters. The molecule has 3 N–H and O–H groups in total. The van der Waals surface area contributed by atoms with Crippen molar-refractivity contribution in [3.05, 3.63) is 66.0 Å². The van der Waals surface area contributed by atoms with Gasteiger partial charge in [0, 0.05) is 34.7 Å². The number of nitrogens with one attached hydrogen (secondary N) is 1. The molecule has 5 heteroatoms. The molecular weight excluding hydrogens is 278 g/mol. The number of amides is 1. The largest absolute Gasteiger partial charge is 0.399 e. The summed E-state index contributed by atoms with van der Waals surface area (Å²) in [6.45, 7) is 1.53. The summed E-state index contributed by atoms with van der Waals surface area (Å²) in [6.07, 6.45) is 3.52. The highest BCUT2D eigenvalue weighted by atomic mass is 16.1. The van der Waals surface area contributed by atoms with Gasteiger partial charge in [0.05, 0.1) is 5.69 Å². The Morgan fingerprint density at radius 1 is 1.00 bits per heavy atom. The van der Waals surface area contributed by atoms with Crippen molar-refractivity contribution in [3.63, 3.8) is 0 Å². The predicted molar refractivity (Wildman–Crippen MR) is 86.2 cm³/mol. The third-order valence-electron chi connectivity index (χ3n) is 3.43. The van der Waals surface area contributed by atoms with Gasteiger partial charge < -0.3 is 15.5 Å². The Balaban J connectivity index is 1.85. The van der Waals surface area contributed by atoms with Gasteiger partial charge in [-0.15, -0.1) is 0 Å². The van der Waals surface area contributed by atoms with Crippen LogP contribution in [-0.4, -0.2) is 16.1 Å². The number of aromatic nitrogens is 1. The Bertz CT molecular complexity index is 863. The maximum Gasteiger partial charge on any atom is 0.255 e. The lowest BCUT2D eigenvalue weighted by atomic mass is 10.2. The van der Waals surface area contributed by atoms with E-state index >= 15 is 0 Å². The van der Waals surface area contributed by atoms with Gasteiger partial charge in [-0.1, -0.05) is 0 Å². The molecule has 0 atom stereocenters. The first-order valence-corrected chi connectivity index (χ1v) is 6.82. The lowest BCUT2D eigenvalue weighted by Crippen LogP contribution is -2.12. The number of carbonyl (C=O) groups excluding carboxylic acids is 2. The zero-order valence-electron chi connectivity index (χ0n) is 12.0. The minimum atomic E-state index is -0.210. The molecule has 0 aliphatic heterocycles. The van der Waals surface area contributed by atoms with Gasteiger partial charge in [0.25, 0.3) is 5.91 Å². The number of fused-ring (bicyclic) bond motifs is 1. The van der Waals surface area contributed by atoms with E-state index in [-0.39, 0.29) is 11.7 Å². The number of pyridine rings is 1. The summed E-state index contributed by atoms with van der Waals surface area (Å²) in [5.74, 6) is -0.200. The number of hydrogen-bond donors (Lipinski definition) is 2. The van der Waals surface area contributed by atoms with Gasteiger partial charge in [-0.3, -0.25) is 9.59 Å². The molecule has 2 heterocycles. The Labute approximate surface area is 127 Å². The number of Topliss-reactive ketones (excluding diaryl/α,β-unsaturated/α-hetero) is 1. The molecule has 0 fully saturated rings. The fourth-order valence-corrected chi connectivity index (χ4v) is 2.21. The van der Waals surface area contributed by atoms with Crippen LogP contribution >= 0.6 is 0 Å². The first-order chi connectivity index (χ1) is 10.5. The van der Waals surface area contributed by atoms with Crippen LogP contribution in [0.15, 0.2) is 54.9 Å². The SMILES string of the molecule is CC(=O)c1cc2ccc(NC(=O)c3ccc(N)cc3)cn2c1. The van der Waals surface area contributed by atoms with E-state index in [9.17, 15) is 9.59 Å². The van der Waals surface area contributed by atoms with Crippen LogP contribution in [0.1, 0.15) is 27.6 Å². The minimum absolute atomic E-state index is 0.0103. The predicted octanol–water partition coefficient (Wildman–Crippen LogP) is 2.98. The summed E-state index contributed by atoms with van der Waals surface area (Å²) < 4.78 is 1.81. The van der Waals surface area contributed by atoms with Crippen molar-refractivity contribution in [2.75, 3.05) is 11.1 Å². The van der Waals surface area contributed by atoms with Gasteiger partial charge in [-0.05, 0) is 49.4 Å². The van der Waals surface area contributed by atoms with Crippen LogP contribution in [0.25, 0.3) is 5.52 Å². The van der Waals surface area contributed by atoms with E-state index in [0.717, 1.165) is 5.52 Å². The molecule has 3 rings (SSSR count). The van der Waals surface area contributed by atoms with E-state index in [1.807, 2.05) is 16.5 Å². The zero-order valence-corrected chi connectivity index (χ0v) is 12.0. The molecule has 0 bridgehead atoms. The van der Waals surface area contributed by atoms with Crippen LogP contribution in [0.4, 0.5) is 11.4 Å². The third-order valence-corrected chi connectivity index (χ3v) is 3.43. The first kappa shape index (κ1) is 13.9. The number of carbonyl (C=O) groups is 2. The molecule has 22 heavy (non-hydrogen) atoms. The van der Waals surface area contributed by atoms with E-state index in [1.54, 1.807) is 42.7 Å². The number of nitrogens with two attached hydrogens (primary N) is 1. The molecule has 0 aliphatic carbocycles. The van der Waals surface area contributed by atoms with Gasteiger partial charge in [-0.2, -0.15) is 0 Å². The highest BCUT2D eigenvalue weighted by Gasteiger charge is 2.08. The molecule has 1 amide bonds. The van der Waals surface area contributed by atoms with Gasteiger partial charge in [0.1, 0.15) is 0 Å². The smallest absolute Gasteiger partial charge is 0.255 e. The van der Waals surface area contributed by atoms with Crippen LogP contribution in [0.2, 0.25) is 0 Å². The Morgan fingerprint density at radius 3 is 2.41 bits per heavy atom. The van der Waals surface area contributed by atoms with Crippen molar-refractivity contribution < 1.29 is 9.59 Å². The van der Waals surface area contributed by atoms with Crippen molar-refractivity contribution in [2.24, 2.45) is 0 Å². The molecule has 0 saturated heterocycles. The molecule has 3 aromatic rings. The van der Waals surface area contributed by atoms with Crippen LogP contribution in [-0.2, 0) is 0 Å². The van der Waals surface area contributed by atoms with Crippen molar-refractivity contribution in [3.8, 4) is 0 Å². The number of ketones is 1. The van der Waals surface area contributed by atoms with Crippen molar-refractivity contribution in [1.82, 2.24) is 4.40 Å². The first-order valence-electron chi connectivity index (χ1n) is 6.82. The van der Waals surface area contributed by atoms with E-state index < -0.39 is 0 Å². The number of anilines is 2. The fourth-order valence-electron chi connectivity index (χ4n) is 2.21. The lowest BCUT2D eigenvalue weighted by Gasteiger charge is -2.06. The summed E-state index contributed by atoms with van der Waals surface area (Å²) in [4.78, 5) is 23.6. The molecule has 0 radical (unpaired) electrons. The molecule has 1 aromatic carbocycles. The highest BCUT2D eigenvalue weighted by molar-refractivity contribution is 6.04. The summed E-state index contributed by atoms with van der Waals surface area (Å²) in [6, 6.07) is 12.2.